The number of nitrogens with zero attached hydrogens (tertiary/aromatic N) is 1. The second-order valence-corrected chi connectivity index (χ2v) is 9.40. The number of rotatable bonds is 5. The molecule has 0 aliphatic carbocycles. The standard InChI is InChI=1S/C23H15BrClNO2S2/c24-19-10-9-17(13-20(19)25)26-22(27)21(30-23(26)29)12-16-7-4-8-18(11-16)28-14-15-5-2-1-3-6-15/h1-13H,14H2/b21-12+. The summed E-state index contributed by atoms with van der Waals surface area (Å²) in [6, 6.07) is 22.9. The van der Waals surface area contributed by atoms with Crippen molar-refractivity contribution in [1.29, 1.82) is 0 Å². The van der Waals surface area contributed by atoms with Crippen molar-refractivity contribution in [2.45, 2.75) is 6.61 Å². The van der Waals surface area contributed by atoms with E-state index in [1.807, 2.05) is 66.7 Å². The van der Waals surface area contributed by atoms with Crippen LogP contribution in [0.25, 0.3) is 6.08 Å². The Kier molecular flexibility index (Phi) is 6.58. The maximum atomic E-state index is 13.0. The van der Waals surface area contributed by atoms with Crippen LogP contribution in [-0.2, 0) is 11.4 Å². The molecule has 1 fully saturated rings. The molecule has 0 atom stereocenters. The van der Waals surface area contributed by atoms with Gasteiger partial charge in [-0.25, -0.2) is 0 Å². The summed E-state index contributed by atoms with van der Waals surface area (Å²) >= 11 is 16.3. The summed E-state index contributed by atoms with van der Waals surface area (Å²) in [6.07, 6.45) is 1.83. The summed E-state index contributed by atoms with van der Waals surface area (Å²) < 4.78 is 7.12. The number of thioether (sulfide) groups is 1. The van der Waals surface area contributed by atoms with Crippen molar-refractivity contribution in [3.05, 3.63) is 98.3 Å². The van der Waals surface area contributed by atoms with Crippen LogP contribution >= 0.6 is 51.5 Å². The van der Waals surface area contributed by atoms with Gasteiger partial charge in [0.15, 0.2) is 4.32 Å². The van der Waals surface area contributed by atoms with E-state index in [1.165, 1.54) is 16.7 Å². The number of carbonyl (C=O) groups is 1. The predicted molar refractivity (Wildman–Crippen MR) is 132 cm³/mol. The summed E-state index contributed by atoms with van der Waals surface area (Å²) in [5, 5.41) is 0.522. The van der Waals surface area contributed by atoms with Crippen LogP contribution in [0.3, 0.4) is 0 Å². The fourth-order valence-corrected chi connectivity index (χ4v) is 4.62. The lowest BCUT2D eigenvalue weighted by Crippen LogP contribution is -2.27. The molecule has 0 radical (unpaired) electrons. The highest BCUT2D eigenvalue weighted by atomic mass is 79.9. The Hall–Kier alpha value is -2.12. The molecule has 1 amide bonds. The summed E-state index contributed by atoms with van der Waals surface area (Å²) in [7, 11) is 0. The first-order valence-corrected chi connectivity index (χ1v) is 11.4. The lowest BCUT2D eigenvalue weighted by Gasteiger charge is -2.15. The highest BCUT2D eigenvalue weighted by Crippen LogP contribution is 2.38. The molecule has 0 unspecified atom stereocenters. The van der Waals surface area contributed by atoms with E-state index in [9.17, 15) is 4.79 Å². The van der Waals surface area contributed by atoms with Crippen molar-refractivity contribution < 1.29 is 9.53 Å². The van der Waals surface area contributed by atoms with E-state index >= 15 is 0 Å². The second kappa shape index (κ2) is 9.35. The minimum absolute atomic E-state index is 0.168. The zero-order valence-electron chi connectivity index (χ0n) is 15.5. The molecule has 0 aromatic heterocycles. The topological polar surface area (TPSA) is 29.5 Å². The third kappa shape index (κ3) is 4.78. The summed E-state index contributed by atoms with van der Waals surface area (Å²) in [5.41, 5.74) is 2.61. The fourth-order valence-electron chi connectivity index (χ4n) is 2.90. The zero-order chi connectivity index (χ0) is 21.1. The Bertz CT molecular complexity index is 1150. The average Bonchev–Trinajstić information content (AvgIpc) is 3.02. The second-order valence-electron chi connectivity index (χ2n) is 6.46. The zero-order valence-corrected chi connectivity index (χ0v) is 19.5. The van der Waals surface area contributed by atoms with Gasteiger partial charge in [0.2, 0.25) is 0 Å². The molecule has 3 aromatic rings. The third-order valence-corrected chi connectivity index (χ3v) is 6.89. The van der Waals surface area contributed by atoms with E-state index in [2.05, 4.69) is 15.9 Å². The Morgan fingerprint density at radius 2 is 1.87 bits per heavy atom. The first kappa shape index (κ1) is 21.1. The van der Waals surface area contributed by atoms with Crippen molar-refractivity contribution in [1.82, 2.24) is 0 Å². The maximum Gasteiger partial charge on any atom is 0.270 e. The van der Waals surface area contributed by atoms with E-state index in [1.54, 1.807) is 12.1 Å². The Morgan fingerprint density at radius 1 is 1.07 bits per heavy atom. The van der Waals surface area contributed by atoms with Crippen LogP contribution < -0.4 is 9.64 Å². The summed E-state index contributed by atoms with van der Waals surface area (Å²) in [6.45, 7) is 0.483. The van der Waals surface area contributed by atoms with Gasteiger partial charge in [-0.3, -0.25) is 9.69 Å². The quantitative estimate of drug-likeness (QED) is 0.267. The van der Waals surface area contributed by atoms with E-state index < -0.39 is 0 Å². The van der Waals surface area contributed by atoms with Crippen molar-refractivity contribution in [3.63, 3.8) is 0 Å². The fraction of sp³-hybridized carbons (Fsp3) is 0.0435. The summed E-state index contributed by atoms with van der Waals surface area (Å²) in [5.74, 6) is 0.571. The summed E-state index contributed by atoms with van der Waals surface area (Å²) in [4.78, 5) is 15.0. The predicted octanol–water partition coefficient (Wildman–Crippen LogP) is 7.09. The van der Waals surface area contributed by atoms with Crippen LogP contribution in [0.2, 0.25) is 5.02 Å². The van der Waals surface area contributed by atoms with Crippen LogP contribution in [0.5, 0.6) is 5.75 Å². The molecule has 3 aromatic carbocycles. The molecule has 1 saturated heterocycles. The molecule has 0 bridgehead atoms. The maximum absolute atomic E-state index is 13.0. The third-order valence-electron chi connectivity index (χ3n) is 4.36. The van der Waals surface area contributed by atoms with Gasteiger partial charge >= 0.3 is 0 Å². The molecule has 0 spiro atoms. The number of ether oxygens (including phenoxy) is 1. The van der Waals surface area contributed by atoms with Crippen LogP contribution in [0.15, 0.2) is 82.2 Å². The number of thiocarbonyl (C=S) groups is 1. The van der Waals surface area contributed by atoms with Crippen molar-refractivity contribution in [2.24, 2.45) is 0 Å². The van der Waals surface area contributed by atoms with E-state index in [-0.39, 0.29) is 5.91 Å². The van der Waals surface area contributed by atoms with Crippen molar-refractivity contribution in [3.8, 4) is 5.75 Å². The van der Waals surface area contributed by atoms with Crippen LogP contribution in [-0.4, -0.2) is 10.2 Å². The molecule has 1 heterocycles. The van der Waals surface area contributed by atoms with Gasteiger partial charge in [-0.2, -0.15) is 0 Å². The van der Waals surface area contributed by atoms with E-state index in [4.69, 9.17) is 28.6 Å². The average molecular weight is 517 g/mol. The molecule has 4 rings (SSSR count). The number of carbonyl (C=O) groups excluding carboxylic acids is 1. The Balaban J connectivity index is 1.52. The van der Waals surface area contributed by atoms with E-state index in [0.717, 1.165) is 21.3 Å². The minimum atomic E-state index is -0.168. The number of hydrogen-bond acceptors (Lipinski definition) is 4. The smallest absolute Gasteiger partial charge is 0.270 e. The van der Waals surface area contributed by atoms with Crippen LogP contribution in [0.4, 0.5) is 5.69 Å². The number of halogens is 2. The molecular formula is C23H15BrClNO2S2. The molecule has 1 aliphatic rings. The number of benzene rings is 3. The molecular weight excluding hydrogens is 502 g/mol. The Labute approximate surface area is 197 Å². The highest BCUT2D eigenvalue weighted by molar-refractivity contribution is 9.10. The van der Waals surface area contributed by atoms with Crippen molar-refractivity contribution >= 4 is 73.5 Å². The largest absolute Gasteiger partial charge is 0.489 e. The molecule has 150 valence electrons. The van der Waals surface area contributed by atoms with Gasteiger partial charge in [-0.05, 0) is 63.5 Å². The van der Waals surface area contributed by atoms with Gasteiger partial charge in [-0.15, -0.1) is 0 Å². The van der Waals surface area contributed by atoms with Gasteiger partial charge in [0.1, 0.15) is 12.4 Å². The first-order chi connectivity index (χ1) is 14.5. The van der Waals surface area contributed by atoms with E-state index in [0.29, 0.717) is 26.5 Å². The van der Waals surface area contributed by atoms with Crippen LogP contribution in [0, 0.1) is 0 Å². The van der Waals surface area contributed by atoms with Crippen LogP contribution in [0.1, 0.15) is 11.1 Å². The molecule has 0 saturated carbocycles. The Morgan fingerprint density at radius 3 is 2.63 bits per heavy atom. The first-order valence-electron chi connectivity index (χ1n) is 9.01. The minimum Gasteiger partial charge on any atom is -0.489 e. The monoisotopic (exact) mass is 515 g/mol. The molecule has 7 heteroatoms. The normalized spacial score (nSPS) is 15.1. The van der Waals surface area contributed by atoms with Crippen molar-refractivity contribution in [2.75, 3.05) is 4.90 Å². The molecule has 1 aliphatic heterocycles. The number of hydrogen-bond donors (Lipinski definition) is 0. The SMILES string of the molecule is O=C1/C(=C\c2cccc(OCc3ccccc3)c2)SC(=S)N1c1ccc(Br)c(Cl)c1. The number of anilines is 1. The lowest BCUT2D eigenvalue weighted by molar-refractivity contribution is -0.113. The highest BCUT2D eigenvalue weighted by Gasteiger charge is 2.33. The van der Waals surface area contributed by atoms with Gasteiger partial charge in [0, 0.05) is 4.47 Å². The number of amides is 1. The molecule has 30 heavy (non-hydrogen) atoms. The molecule has 3 nitrogen and oxygen atoms in total. The van der Waals surface area contributed by atoms with Gasteiger partial charge < -0.3 is 4.74 Å². The van der Waals surface area contributed by atoms with Gasteiger partial charge in [0.05, 0.1) is 15.6 Å². The molecule has 0 N–H and O–H groups in total. The lowest BCUT2D eigenvalue weighted by atomic mass is 10.2. The van der Waals surface area contributed by atoms with Gasteiger partial charge in [0.25, 0.3) is 5.91 Å². The van der Waals surface area contributed by atoms with Gasteiger partial charge in [-0.1, -0.05) is 78.0 Å².